The number of nitro groups is 1. The van der Waals surface area contributed by atoms with Crippen LogP contribution in [0.1, 0.15) is 24.5 Å². The lowest BCUT2D eigenvalue weighted by molar-refractivity contribution is -0.384. The molecule has 1 heterocycles. The van der Waals surface area contributed by atoms with Crippen molar-refractivity contribution < 1.29 is 24.0 Å². The number of rotatable bonds is 7. The number of amides is 1. The number of esters is 1. The molecule has 0 saturated carbocycles. The molecule has 156 valence electrons. The zero-order chi connectivity index (χ0) is 21.7. The fraction of sp³-hybridized carbons (Fsp3) is 0.286. The Hall–Kier alpha value is -3.59. The molecule has 0 saturated heterocycles. The normalized spacial score (nSPS) is 15.8. The molecular weight excluding hydrogens is 390 g/mol. The van der Waals surface area contributed by atoms with E-state index < -0.39 is 23.0 Å². The summed E-state index contributed by atoms with van der Waals surface area (Å²) in [5, 5.41) is 11.4. The van der Waals surface area contributed by atoms with E-state index in [0.29, 0.717) is 28.9 Å². The van der Waals surface area contributed by atoms with Crippen LogP contribution in [0.15, 0.2) is 53.5 Å². The van der Waals surface area contributed by atoms with Crippen LogP contribution in [0.25, 0.3) is 0 Å². The maximum atomic E-state index is 13.2. The number of nitro benzene ring substituents is 1. The van der Waals surface area contributed by atoms with E-state index in [0.717, 1.165) is 0 Å². The first kappa shape index (κ1) is 21.1. The number of methoxy groups -OCH3 is 1. The van der Waals surface area contributed by atoms with Crippen LogP contribution >= 0.6 is 0 Å². The van der Waals surface area contributed by atoms with Gasteiger partial charge in [-0.05, 0) is 12.5 Å². The number of non-ortho nitro benzene ring substituents is 1. The Bertz CT molecular complexity index is 989. The molecule has 0 bridgehead atoms. The maximum Gasteiger partial charge on any atom is 0.325 e. The number of aliphatic imine (C=N–C) groups is 1. The van der Waals surface area contributed by atoms with Crippen LogP contribution in [-0.2, 0) is 19.1 Å². The molecular formula is C21H21N3O6. The minimum absolute atomic E-state index is 0.157. The Kier molecular flexibility index (Phi) is 6.53. The lowest BCUT2D eigenvalue weighted by Crippen LogP contribution is -2.42. The van der Waals surface area contributed by atoms with Gasteiger partial charge in [0, 0.05) is 29.9 Å². The van der Waals surface area contributed by atoms with Gasteiger partial charge in [-0.1, -0.05) is 37.3 Å². The number of hydrogen-bond acceptors (Lipinski definition) is 7. The summed E-state index contributed by atoms with van der Waals surface area (Å²) in [4.78, 5) is 41.8. The molecule has 0 spiro atoms. The summed E-state index contributed by atoms with van der Waals surface area (Å²) in [6.07, 6.45) is -0.536. The minimum Gasteiger partial charge on any atom is -0.468 e. The monoisotopic (exact) mass is 411 g/mol. The molecule has 2 aromatic rings. The van der Waals surface area contributed by atoms with E-state index in [1.165, 1.54) is 30.2 Å². The van der Waals surface area contributed by atoms with Gasteiger partial charge in [0.1, 0.15) is 6.54 Å². The topological polar surface area (TPSA) is 111 Å². The Balaban J connectivity index is 2.24. The van der Waals surface area contributed by atoms with Crippen LogP contribution < -0.4 is 4.90 Å². The zero-order valence-electron chi connectivity index (χ0n) is 16.6. The predicted molar refractivity (Wildman–Crippen MR) is 110 cm³/mol. The average Bonchev–Trinajstić information content (AvgIpc) is 2.87. The lowest BCUT2D eigenvalue weighted by atomic mass is 9.99. The van der Waals surface area contributed by atoms with Crippen molar-refractivity contribution in [2.24, 2.45) is 4.99 Å². The zero-order valence-corrected chi connectivity index (χ0v) is 16.6. The summed E-state index contributed by atoms with van der Waals surface area (Å²) < 4.78 is 10.4. The van der Waals surface area contributed by atoms with Gasteiger partial charge < -0.3 is 9.47 Å². The van der Waals surface area contributed by atoms with Crippen molar-refractivity contribution >= 4 is 29.0 Å². The van der Waals surface area contributed by atoms with E-state index in [1.54, 1.807) is 24.3 Å². The van der Waals surface area contributed by atoms with E-state index in [4.69, 9.17) is 9.47 Å². The summed E-state index contributed by atoms with van der Waals surface area (Å²) in [7, 11) is 1.22. The minimum atomic E-state index is -1.20. The third-order valence-corrected chi connectivity index (χ3v) is 4.50. The lowest BCUT2D eigenvalue weighted by Gasteiger charge is -2.23. The number of fused-ring (bicyclic) bond motifs is 1. The molecule has 0 aliphatic carbocycles. The predicted octanol–water partition coefficient (Wildman–Crippen LogP) is 2.70. The molecule has 1 aliphatic rings. The van der Waals surface area contributed by atoms with Gasteiger partial charge in [-0.3, -0.25) is 24.6 Å². The van der Waals surface area contributed by atoms with Crippen LogP contribution in [0.4, 0.5) is 11.4 Å². The molecule has 1 aliphatic heterocycles. The second kappa shape index (κ2) is 9.27. The molecule has 0 N–H and O–H groups in total. The van der Waals surface area contributed by atoms with Gasteiger partial charge in [0.25, 0.3) is 11.6 Å². The summed E-state index contributed by atoms with van der Waals surface area (Å²) in [5.74, 6) is -1.18. The first-order valence-corrected chi connectivity index (χ1v) is 9.38. The highest BCUT2D eigenvalue weighted by atomic mass is 16.6. The second-order valence-electron chi connectivity index (χ2n) is 6.53. The molecule has 30 heavy (non-hydrogen) atoms. The molecule has 2 aromatic carbocycles. The van der Waals surface area contributed by atoms with Crippen LogP contribution in [0.5, 0.6) is 0 Å². The smallest absolute Gasteiger partial charge is 0.325 e. The maximum absolute atomic E-state index is 13.2. The van der Waals surface area contributed by atoms with Crippen molar-refractivity contribution in [1.29, 1.82) is 0 Å². The van der Waals surface area contributed by atoms with Crippen molar-refractivity contribution in [2.75, 3.05) is 25.2 Å². The molecule has 9 heteroatoms. The van der Waals surface area contributed by atoms with E-state index >= 15 is 0 Å². The van der Waals surface area contributed by atoms with Gasteiger partial charge in [-0.15, -0.1) is 0 Å². The van der Waals surface area contributed by atoms with Crippen molar-refractivity contribution in [3.63, 3.8) is 0 Å². The van der Waals surface area contributed by atoms with Crippen molar-refractivity contribution in [1.82, 2.24) is 0 Å². The summed E-state index contributed by atoms with van der Waals surface area (Å²) in [5.41, 5.74) is 1.56. The molecule has 3 rings (SSSR count). The largest absolute Gasteiger partial charge is 0.468 e. The quantitative estimate of drug-likeness (QED) is 0.393. The highest BCUT2D eigenvalue weighted by Gasteiger charge is 2.34. The molecule has 1 amide bonds. The number of carbonyl (C=O) groups excluding carboxylic acids is 2. The van der Waals surface area contributed by atoms with E-state index in [1.807, 2.05) is 13.0 Å². The molecule has 0 radical (unpaired) electrons. The molecule has 0 aromatic heterocycles. The number of anilines is 1. The molecule has 9 nitrogen and oxygen atoms in total. The van der Waals surface area contributed by atoms with Crippen LogP contribution in [0, 0.1) is 10.1 Å². The number of benzodiazepines with no additional fused rings is 1. The average molecular weight is 411 g/mol. The van der Waals surface area contributed by atoms with Gasteiger partial charge in [-0.25, -0.2) is 4.99 Å². The Morgan fingerprint density at radius 3 is 2.60 bits per heavy atom. The number of benzene rings is 2. The van der Waals surface area contributed by atoms with Gasteiger partial charge in [0.2, 0.25) is 6.23 Å². The summed E-state index contributed by atoms with van der Waals surface area (Å²) in [6.45, 7) is 1.81. The summed E-state index contributed by atoms with van der Waals surface area (Å²) >= 11 is 0. The first-order chi connectivity index (χ1) is 14.5. The third-order valence-electron chi connectivity index (χ3n) is 4.50. The van der Waals surface area contributed by atoms with Gasteiger partial charge in [0.05, 0.1) is 23.4 Å². The number of hydrogen-bond donors (Lipinski definition) is 0. The summed E-state index contributed by atoms with van der Waals surface area (Å²) in [6, 6.07) is 13.1. The number of ether oxygens (including phenoxy) is 2. The highest BCUT2D eigenvalue weighted by molar-refractivity contribution is 6.20. The van der Waals surface area contributed by atoms with Crippen molar-refractivity contribution in [2.45, 2.75) is 19.6 Å². The Morgan fingerprint density at radius 2 is 1.97 bits per heavy atom. The number of nitrogens with zero attached hydrogens (tertiary/aromatic N) is 3. The molecule has 0 fully saturated rings. The molecule has 1 unspecified atom stereocenters. The van der Waals surface area contributed by atoms with Gasteiger partial charge in [-0.2, -0.15) is 0 Å². The highest BCUT2D eigenvalue weighted by Crippen LogP contribution is 2.32. The standard InChI is InChI=1S/C21H21N3O6/c1-3-11-30-20-21(26)23(13-18(25)29-2)17-10-9-15(24(27)28)12-16(17)19(22-20)14-7-5-4-6-8-14/h4-10,12,20H,3,11,13H2,1-2H3. The van der Waals surface area contributed by atoms with E-state index in [-0.39, 0.29) is 18.8 Å². The van der Waals surface area contributed by atoms with Gasteiger partial charge >= 0.3 is 5.97 Å². The van der Waals surface area contributed by atoms with E-state index in [9.17, 15) is 19.7 Å². The van der Waals surface area contributed by atoms with Crippen molar-refractivity contribution in [3.8, 4) is 0 Å². The first-order valence-electron chi connectivity index (χ1n) is 9.38. The fourth-order valence-electron chi connectivity index (χ4n) is 3.08. The van der Waals surface area contributed by atoms with Crippen LogP contribution in [-0.4, -0.2) is 49.0 Å². The third kappa shape index (κ3) is 4.36. The fourth-order valence-corrected chi connectivity index (χ4v) is 3.08. The number of carbonyl (C=O) groups is 2. The Labute approximate surface area is 173 Å². The SMILES string of the molecule is CCCOC1N=C(c2ccccc2)c2cc([N+](=O)[O-])ccc2N(CC(=O)OC)C1=O. The van der Waals surface area contributed by atoms with Gasteiger partial charge in [0.15, 0.2) is 0 Å². The van der Waals surface area contributed by atoms with Crippen molar-refractivity contribution in [3.05, 3.63) is 69.8 Å². The Morgan fingerprint density at radius 1 is 1.23 bits per heavy atom. The van der Waals surface area contributed by atoms with E-state index in [2.05, 4.69) is 4.99 Å². The molecule has 1 atom stereocenters. The van der Waals surface area contributed by atoms with Crippen LogP contribution in [0.2, 0.25) is 0 Å². The van der Waals surface area contributed by atoms with Crippen LogP contribution in [0.3, 0.4) is 0 Å². The second-order valence-corrected chi connectivity index (χ2v) is 6.53.